The Morgan fingerprint density at radius 1 is 1.36 bits per heavy atom. The SMILES string of the molecule is Cc1oc(CN(C)C(=O)CCCNC(=O)c2ccsc2)cc1C(=O)O. The number of amides is 2. The number of furan rings is 1. The minimum Gasteiger partial charge on any atom is -0.478 e. The van der Waals surface area contributed by atoms with Crippen molar-refractivity contribution < 1.29 is 23.9 Å². The lowest BCUT2D eigenvalue weighted by atomic mass is 10.2. The molecule has 0 aliphatic heterocycles. The van der Waals surface area contributed by atoms with Crippen LogP contribution < -0.4 is 5.32 Å². The highest BCUT2D eigenvalue weighted by molar-refractivity contribution is 7.08. The first-order valence-electron chi connectivity index (χ1n) is 7.75. The van der Waals surface area contributed by atoms with Gasteiger partial charge in [-0.2, -0.15) is 11.3 Å². The van der Waals surface area contributed by atoms with Crippen molar-refractivity contribution in [1.29, 1.82) is 0 Å². The number of carbonyl (C=O) groups excluding carboxylic acids is 2. The van der Waals surface area contributed by atoms with E-state index in [4.69, 9.17) is 9.52 Å². The highest BCUT2D eigenvalue weighted by Crippen LogP contribution is 2.16. The van der Waals surface area contributed by atoms with E-state index in [1.807, 2.05) is 5.38 Å². The third kappa shape index (κ3) is 5.18. The maximum absolute atomic E-state index is 12.1. The van der Waals surface area contributed by atoms with Crippen LogP contribution in [-0.2, 0) is 11.3 Å². The minimum atomic E-state index is -1.05. The second-order valence-electron chi connectivity index (χ2n) is 5.61. The lowest BCUT2D eigenvalue weighted by molar-refractivity contribution is -0.130. The molecule has 0 bridgehead atoms. The van der Waals surface area contributed by atoms with Crippen LogP contribution in [0.3, 0.4) is 0 Å². The third-order valence-corrected chi connectivity index (χ3v) is 4.34. The summed E-state index contributed by atoms with van der Waals surface area (Å²) in [7, 11) is 1.63. The Bertz CT molecular complexity index is 751. The van der Waals surface area contributed by atoms with Crippen molar-refractivity contribution >= 4 is 29.1 Å². The van der Waals surface area contributed by atoms with Crippen molar-refractivity contribution in [1.82, 2.24) is 10.2 Å². The van der Waals surface area contributed by atoms with Crippen LogP contribution in [0, 0.1) is 6.92 Å². The Balaban J connectivity index is 1.74. The van der Waals surface area contributed by atoms with Crippen LogP contribution >= 0.6 is 11.3 Å². The van der Waals surface area contributed by atoms with Gasteiger partial charge in [-0.05, 0) is 30.9 Å². The van der Waals surface area contributed by atoms with Crippen LogP contribution in [0.1, 0.15) is 45.1 Å². The molecule has 0 unspecified atom stereocenters. The van der Waals surface area contributed by atoms with Gasteiger partial charge in [-0.15, -0.1) is 0 Å². The molecule has 2 heterocycles. The predicted octanol–water partition coefficient (Wildman–Crippen LogP) is 2.52. The molecule has 0 saturated carbocycles. The van der Waals surface area contributed by atoms with E-state index in [1.165, 1.54) is 22.3 Å². The van der Waals surface area contributed by atoms with Gasteiger partial charge in [0, 0.05) is 31.0 Å². The molecule has 25 heavy (non-hydrogen) atoms. The Morgan fingerprint density at radius 2 is 2.12 bits per heavy atom. The van der Waals surface area contributed by atoms with Crippen LogP contribution in [0.5, 0.6) is 0 Å². The molecule has 0 atom stereocenters. The molecule has 2 aromatic rings. The molecular formula is C17H20N2O5S. The van der Waals surface area contributed by atoms with Gasteiger partial charge in [0.15, 0.2) is 0 Å². The second kappa shape index (κ2) is 8.48. The quantitative estimate of drug-likeness (QED) is 0.701. The van der Waals surface area contributed by atoms with E-state index in [9.17, 15) is 14.4 Å². The molecule has 2 amide bonds. The van der Waals surface area contributed by atoms with Gasteiger partial charge in [-0.1, -0.05) is 0 Å². The Labute approximate surface area is 149 Å². The van der Waals surface area contributed by atoms with E-state index in [1.54, 1.807) is 25.4 Å². The fourth-order valence-electron chi connectivity index (χ4n) is 2.28. The van der Waals surface area contributed by atoms with Crippen LogP contribution in [0.25, 0.3) is 0 Å². The first kappa shape index (κ1) is 18.7. The number of aromatic carboxylic acids is 1. The summed E-state index contributed by atoms with van der Waals surface area (Å²) < 4.78 is 5.36. The van der Waals surface area contributed by atoms with E-state index >= 15 is 0 Å². The summed E-state index contributed by atoms with van der Waals surface area (Å²) in [5.41, 5.74) is 0.725. The van der Waals surface area contributed by atoms with Gasteiger partial charge in [-0.25, -0.2) is 4.79 Å². The normalized spacial score (nSPS) is 10.5. The third-order valence-electron chi connectivity index (χ3n) is 3.65. The molecule has 2 N–H and O–H groups in total. The number of aryl methyl sites for hydroxylation is 1. The fourth-order valence-corrected chi connectivity index (χ4v) is 2.92. The van der Waals surface area contributed by atoms with Crippen LogP contribution in [0.15, 0.2) is 27.3 Å². The monoisotopic (exact) mass is 364 g/mol. The molecule has 2 aromatic heterocycles. The summed E-state index contributed by atoms with van der Waals surface area (Å²) in [6.07, 6.45) is 0.808. The Kier molecular flexibility index (Phi) is 6.35. The molecule has 0 radical (unpaired) electrons. The number of hydrogen-bond acceptors (Lipinski definition) is 5. The maximum atomic E-state index is 12.1. The number of nitrogens with zero attached hydrogens (tertiary/aromatic N) is 1. The number of thiophene rings is 1. The average Bonchev–Trinajstić information content (AvgIpc) is 3.20. The number of rotatable bonds is 8. The van der Waals surface area contributed by atoms with Crippen molar-refractivity contribution in [3.63, 3.8) is 0 Å². The maximum Gasteiger partial charge on any atom is 0.339 e. The highest BCUT2D eigenvalue weighted by atomic mass is 32.1. The summed E-state index contributed by atoms with van der Waals surface area (Å²) in [6, 6.07) is 3.18. The average molecular weight is 364 g/mol. The smallest absolute Gasteiger partial charge is 0.339 e. The Hall–Kier alpha value is -2.61. The van der Waals surface area contributed by atoms with Gasteiger partial charge >= 0.3 is 5.97 Å². The molecule has 0 aliphatic carbocycles. The van der Waals surface area contributed by atoms with E-state index < -0.39 is 5.97 Å². The molecule has 134 valence electrons. The van der Waals surface area contributed by atoms with E-state index in [0.29, 0.717) is 30.0 Å². The van der Waals surface area contributed by atoms with Gasteiger partial charge in [0.25, 0.3) is 5.91 Å². The molecule has 0 fully saturated rings. The Morgan fingerprint density at radius 3 is 2.72 bits per heavy atom. The molecule has 0 aromatic carbocycles. The topological polar surface area (TPSA) is 99.9 Å². The number of carboxylic acid groups (broad SMARTS) is 1. The molecule has 2 rings (SSSR count). The molecule has 8 heteroatoms. The predicted molar refractivity (Wildman–Crippen MR) is 92.8 cm³/mol. The number of hydrogen-bond donors (Lipinski definition) is 2. The molecular weight excluding hydrogens is 344 g/mol. The lowest BCUT2D eigenvalue weighted by Crippen LogP contribution is -2.28. The summed E-state index contributed by atoms with van der Waals surface area (Å²) in [5, 5.41) is 15.4. The summed E-state index contributed by atoms with van der Waals surface area (Å²) in [6.45, 7) is 2.19. The van der Waals surface area contributed by atoms with Gasteiger partial charge in [0.2, 0.25) is 5.91 Å². The standard InChI is InChI=1S/C17H20N2O5S/c1-11-14(17(22)23)8-13(24-11)9-19(2)15(20)4-3-6-18-16(21)12-5-7-25-10-12/h5,7-8,10H,3-4,6,9H2,1-2H3,(H,18,21)(H,22,23). The van der Waals surface area contributed by atoms with Crippen molar-refractivity contribution in [3.05, 3.63) is 45.5 Å². The summed E-state index contributed by atoms with van der Waals surface area (Å²) >= 11 is 1.45. The minimum absolute atomic E-state index is 0.101. The second-order valence-corrected chi connectivity index (χ2v) is 6.39. The molecule has 0 saturated heterocycles. The molecule has 0 aliphatic rings. The zero-order valence-corrected chi connectivity index (χ0v) is 14.9. The number of carboxylic acids is 1. The zero-order valence-electron chi connectivity index (χ0n) is 14.1. The highest BCUT2D eigenvalue weighted by Gasteiger charge is 2.16. The fraction of sp³-hybridized carbons (Fsp3) is 0.353. The van der Waals surface area contributed by atoms with Gasteiger partial charge < -0.3 is 19.7 Å². The number of carbonyl (C=O) groups is 3. The zero-order chi connectivity index (χ0) is 18.4. The van der Waals surface area contributed by atoms with Crippen LogP contribution in [-0.4, -0.2) is 41.4 Å². The first-order valence-corrected chi connectivity index (χ1v) is 8.69. The molecule has 7 nitrogen and oxygen atoms in total. The lowest BCUT2D eigenvalue weighted by Gasteiger charge is -2.15. The van der Waals surface area contributed by atoms with Gasteiger partial charge in [0.05, 0.1) is 6.54 Å². The van der Waals surface area contributed by atoms with Crippen LogP contribution in [0.2, 0.25) is 0 Å². The van der Waals surface area contributed by atoms with Crippen molar-refractivity contribution in [2.45, 2.75) is 26.3 Å². The van der Waals surface area contributed by atoms with E-state index in [2.05, 4.69) is 5.32 Å². The number of nitrogens with one attached hydrogen (secondary N) is 1. The van der Waals surface area contributed by atoms with Gasteiger partial charge in [-0.3, -0.25) is 9.59 Å². The molecule has 0 spiro atoms. The van der Waals surface area contributed by atoms with Gasteiger partial charge in [0.1, 0.15) is 17.1 Å². The van der Waals surface area contributed by atoms with Crippen molar-refractivity contribution in [3.8, 4) is 0 Å². The van der Waals surface area contributed by atoms with Crippen LogP contribution in [0.4, 0.5) is 0 Å². The van der Waals surface area contributed by atoms with E-state index in [-0.39, 0.29) is 30.3 Å². The summed E-state index contributed by atoms with van der Waals surface area (Å²) in [4.78, 5) is 36.3. The van der Waals surface area contributed by atoms with Crippen molar-refractivity contribution in [2.75, 3.05) is 13.6 Å². The largest absolute Gasteiger partial charge is 0.478 e. The summed E-state index contributed by atoms with van der Waals surface area (Å²) in [5.74, 6) is -0.552. The van der Waals surface area contributed by atoms with E-state index in [0.717, 1.165) is 0 Å². The van der Waals surface area contributed by atoms with Crippen molar-refractivity contribution in [2.24, 2.45) is 0 Å². The first-order chi connectivity index (χ1) is 11.9.